The SMILES string of the molecule is Cc1nnc(SCC(=O)NCC2(c3cccc(F)c3)CCOCC2)n1Cc1ccccc1. The monoisotopic (exact) mass is 454 g/mol. The molecule has 0 bridgehead atoms. The van der Waals surface area contributed by atoms with Crippen LogP contribution in [0.5, 0.6) is 0 Å². The van der Waals surface area contributed by atoms with Crippen molar-refractivity contribution in [3.8, 4) is 0 Å². The highest BCUT2D eigenvalue weighted by Gasteiger charge is 2.35. The van der Waals surface area contributed by atoms with Gasteiger partial charge in [-0.1, -0.05) is 54.2 Å². The van der Waals surface area contributed by atoms with Gasteiger partial charge in [-0.15, -0.1) is 10.2 Å². The van der Waals surface area contributed by atoms with Crippen LogP contribution in [0.4, 0.5) is 4.39 Å². The number of amides is 1. The molecular formula is C24H27FN4O2S. The first-order valence-electron chi connectivity index (χ1n) is 10.7. The van der Waals surface area contributed by atoms with E-state index in [1.807, 2.05) is 35.8 Å². The van der Waals surface area contributed by atoms with Crippen molar-refractivity contribution in [2.45, 2.75) is 36.9 Å². The topological polar surface area (TPSA) is 69.0 Å². The molecule has 2 aromatic carbocycles. The summed E-state index contributed by atoms with van der Waals surface area (Å²) in [6.45, 7) is 4.22. The summed E-state index contributed by atoms with van der Waals surface area (Å²) in [5, 5.41) is 12.2. The number of halogens is 1. The number of rotatable bonds is 8. The summed E-state index contributed by atoms with van der Waals surface area (Å²) in [7, 11) is 0. The van der Waals surface area contributed by atoms with E-state index in [0.29, 0.717) is 31.5 Å². The highest BCUT2D eigenvalue weighted by molar-refractivity contribution is 7.99. The van der Waals surface area contributed by atoms with Gasteiger partial charge in [-0.25, -0.2) is 4.39 Å². The number of nitrogens with zero attached hydrogens (tertiary/aromatic N) is 3. The second-order valence-corrected chi connectivity index (χ2v) is 9.01. The van der Waals surface area contributed by atoms with Gasteiger partial charge in [0.25, 0.3) is 0 Å². The van der Waals surface area contributed by atoms with Crippen LogP contribution < -0.4 is 5.32 Å². The Morgan fingerprint density at radius 3 is 2.69 bits per heavy atom. The molecule has 8 heteroatoms. The maximum Gasteiger partial charge on any atom is 0.230 e. The number of thioether (sulfide) groups is 1. The maximum absolute atomic E-state index is 13.9. The average molecular weight is 455 g/mol. The van der Waals surface area contributed by atoms with Gasteiger partial charge in [0, 0.05) is 25.2 Å². The lowest BCUT2D eigenvalue weighted by Crippen LogP contribution is -2.45. The van der Waals surface area contributed by atoms with E-state index in [2.05, 4.69) is 27.6 Å². The second kappa shape index (κ2) is 10.3. The van der Waals surface area contributed by atoms with E-state index in [9.17, 15) is 9.18 Å². The maximum atomic E-state index is 13.9. The molecule has 1 aliphatic rings. The Balaban J connectivity index is 1.38. The third-order valence-corrected chi connectivity index (χ3v) is 6.90. The van der Waals surface area contributed by atoms with Crippen molar-refractivity contribution in [1.82, 2.24) is 20.1 Å². The summed E-state index contributed by atoms with van der Waals surface area (Å²) in [6.07, 6.45) is 1.49. The number of aromatic nitrogens is 3. The number of ether oxygens (including phenoxy) is 1. The van der Waals surface area contributed by atoms with E-state index >= 15 is 0 Å². The van der Waals surface area contributed by atoms with Gasteiger partial charge in [0.15, 0.2) is 5.16 Å². The van der Waals surface area contributed by atoms with Crippen molar-refractivity contribution in [1.29, 1.82) is 0 Å². The molecule has 1 amide bonds. The zero-order valence-electron chi connectivity index (χ0n) is 18.1. The molecule has 6 nitrogen and oxygen atoms in total. The number of carbonyl (C=O) groups excluding carboxylic acids is 1. The van der Waals surface area contributed by atoms with E-state index in [0.717, 1.165) is 29.8 Å². The minimum Gasteiger partial charge on any atom is -0.381 e. The van der Waals surface area contributed by atoms with E-state index < -0.39 is 0 Å². The minimum atomic E-state index is -0.315. The second-order valence-electron chi connectivity index (χ2n) is 8.07. The average Bonchev–Trinajstić information content (AvgIpc) is 3.16. The zero-order valence-corrected chi connectivity index (χ0v) is 18.9. The number of hydrogen-bond acceptors (Lipinski definition) is 5. The lowest BCUT2D eigenvalue weighted by molar-refractivity contribution is -0.119. The number of hydrogen-bond donors (Lipinski definition) is 1. The summed E-state index contributed by atoms with van der Waals surface area (Å²) in [6, 6.07) is 16.8. The highest BCUT2D eigenvalue weighted by atomic mass is 32.2. The molecule has 0 spiro atoms. The van der Waals surface area contributed by atoms with Crippen molar-refractivity contribution in [2.75, 3.05) is 25.5 Å². The third kappa shape index (κ3) is 5.37. The lowest BCUT2D eigenvalue weighted by Gasteiger charge is -2.38. The Morgan fingerprint density at radius 2 is 1.94 bits per heavy atom. The Bertz CT molecular complexity index is 1050. The van der Waals surface area contributed by atoms with Crippen molar-refractivity contribution in [3.05, 3.63) is 77.4 Å². The molecule has 1 aromatic heterocycles. The number of benzene rings is 2. The molecule has 168 valence electrons. The molecule has 3 aromatic rings. The predicted molar refractivity (Wildman–Crippen MR) is 122 cm³/mol. The molecule has 0 radical (unpaired) electrons. The molecule has 1 fully saturated rings. The fraction of sp³-hybridized carbons (Fsp3) is 0.375. The molecule has 0 aliphatic carbocycles. The van der Waals surface area contributed by atoms with Crippen LogP contribution in [0.3, 0.4) is 0 Å². The fourth-order valence-electron chi connectivity index (χ4n) is 4.01. The molecule has 1 N–H and O–H groups in total. The zero-order chi connectivity index (χ0) is 22.4. The van der Waals surface area contributed by atoms with E-state index in [1.54, 1.807) is 12.1 Å². The van der Waals surface area contributed by atoms with Gasteiger partial charge >= 0.3 is 0 Å². The molecule has 4 rings (SSSR count). The number of nitrogens with one attached hydrogen (secondary N) is 1. The lowest BCUT2D eigenvalue weighted by atomic mass is 9.74. The van der Waals surface area contributed by atoms with Gasteiger partial charge in [-0.05, 0) is 43.0 Å². The third-order valence-electron chi connectivity index (χ3n) is 5.93. The Kier molecular flexibility index (Phi) is 7.22. The smallest absolute Gasteiger partial charge is 0.230 e. The fourth-order valence-corrected chi connectivity index (χ4v) is 4.83. The van der Waals surface area contributed by atoms with Gasteiger partial charge in [-0.2, -0.15) is 0 Å². The highest BCUT2D eigenvalue weighted by Crippen LogP contribution is 2.34. The van der Waals surface area contributed by atoms with E-state index in [-0.39, 0.29) is 22.9 Å². The summed E-state index contributed by atoms with van der Waals surface area (Å²) >= 11 is 1.37. The molecule has 0 saturated carbocycles. The molecular weight excluding hydrogens is 427 g/mol. The van der Waals surface area contributed by atoms with Crippen molar-refractivity contribution in [3.63, 3.8) is 0 Å². The van der Waals surface area contributed by atoms with Gasteiger partial charge in [0.05, 0.1) is 12.3 Å². The van der Waals surface area contributed by atoms with Crippen molar-refractivity contribution < 1.29 is 13.9 Å². The molecule has 0 atom stereocenters. The van der Waals surface area contributed by atoms with Crippen molar-refractivity contribution >= 4 is 17.7 Å². The Labute approximate surface area is 191 Å². The van der Waals surface area contributed by atoms with Crippen LogP contribution in [0.1, 0.15) is 29.8 Å². The van der Waals surface area contributed by atoms with E-state index in [4.69, 9.17) is 4.74 Å². The van der Waals surface area contributed by atoms with Crippen LogP contribution in [0.15, 0.2) is 59.8 Å². The largest absolute Gasteiger partial charge is 0.381 e. The number of carbonyl (C=O) groups is 1. The van der Waals surface area contributed by atoms with Crippen LogP contribution in [0, 0.1) is 12.7 Å². The molecule has 0 unspecified atom stereocenters. The Hall–Kier alpha value is -2.71. The first kappa shape index (κ1) is 22.5. The minimum absolute atomic E-state index is 0.0795. The molecule has 1 saturated heterocycles. The van der Waals surface area contributed by atoms with Crippen LogP contribution in [-0.2, 0) is 21.5 Å². The van der Waals surface area contributed by atoms with Crippen LogP contribution in [-0.4, -0.2) is 46.2 Å². The summed E-state index contributed by atoms with van der Waals surface area (Å²) < 4.78 is 21.4. The summed E-state index contributed by atoms with van der Waals surface area (Å²) in [5.74, 6) is 0.708. The van der Waals surface area contributed by atoms with Crippen LogP contribution in [0.2, 0.25) is 0 Å². The summed E-state index contributed by atoms with van der Waals surface area (Å²) in [5.41, 5.74) is 1.75. The normalized spacial score (nSPS) is 15.4. The first-order valence-corrected chi connectivity index (χ1v) is 11.7. The van der Waals surface area contributed by atoms with Crippen LogP contribution >= 0.6 is 11.8 Å². The Morgan fingerprint density at radius 1 is 1.16 bits per heavy atom. The van der Waals surface area contributed by atoms with Gasteiger partial charge in [0.1, 0.15) is 11.6 Å². The predicted octanol–water partition coefficient (Wildman–Crippen LogP) is 3.73. The van der Waals surface area contributed by atoms with Gasteiger partial charge < -0.3 is 14.6 Å². The summed E-state index contributed by atoms with van der Waals surface area (Å²) in [4.78, 5) is 12.7. The van der Waals surface area contributed by atoms with Crippen molar-refractivity contribution in [2.24, 2.45) is 0 Å². The van der Waals surface area contributed by atoms with E-state index in [1.165, 1.54) is 17.8 Å². The quantitative estimate of drug-likeness (QED) is 0.526. The molecule has 32 heavy (non-hydrogen) atoms. The first-order chi connectivity index (χ1) is 15.6. The standard InChI is InChI=1S/C24H27FN4O2S/c1-18-27-28-23(29(18)15-19-6-3-2-4-7-19)32-16-22(30)26-17-24(10-12-31-13-11-24)20-8-5-9-21(25)14-20/h2-9,14H,10-13,15-17H2,1H3,(H,26,30). The molecule has 1 aliphatic heterocycles. The van der Waals surface area contributed by atoms with Gasteiger partial charge in [-0.3, -0.25) is 4.79 Å². The van der Waals surface area contributed by atoms with Gasteiger partial charge in [0.2, 0.25) is 5.91 Å². The molecule has 2 heterocycles. The van der Waals surface area contributed by atoms with Crippen LogP contribution in [0.25, 0.3) is 0 Å². The number of aryl methyl sites for hydroxylation is 1.